The molecule has 0 aliphatic heterocycles. The molecule has 0 unspecified atom stereocenters. The first-order valence-electron chi connectivity index (χ1n) is 5.29. The van der Waals surface area contributed by atoms with Crippen molar-refractivity contribution in [3.63, 3.8) is 0 Å². The molecule has 0 fully saturated rings. The second-order valence-electron chi connectivity index (χ2n) is 3.91. The fourth-order valence-electron chi connectivity index (χ4n) is 1.83. The SMILES string of the molecule is Cc1c(F)cccc1-c1ccc(F)cc1C(=O)O. The molecule has 2 aromatic carbocycles. The number of hydrogen-bond donors (Lipinski definition) is 1. The molecule has 18 heavy (non-hydrogen) atoms. The first-order valence-corrected chi connectivity index (χ1v) is 5.29. The van der Waals surface area contributed by atoms with Gasteiger partial charge >= 0.3 is 5.97 Å². The Morgan fingerprint density at radius 3 is 2.50 bits per heavy atom. The van der Waals surface area contributed by atoms with Crippen LogP contribution in [0.5, 0.6) is 0 Å². The third-order valence-electron chi connectivity index (χ3n) is 2.77. The van der Waals surface area contributed by atoms with E-state index in [4.69, 9.17) is 5.11 Å². The van der Waals surface area contributed by atoms with E-state index in [-0.39, 0.29) is 5.56 Å². The molecular formula is C14H10F2O2. The molecule has 2 aromatic rings. The molecule has 1 N–H and O–H groups in total. The monoisotopic (exact) mass is 248 g/mol. The van der Waals surface area contributed by atoms with Crippen LogP contribution in [0.4, 0.5) is 8.78 Å². The zero-order chi connectivity index (χ0) is 13.3. The highest BCUT2D eigenvalue weighted by Gasteiger charge is 2.15. The topological polar surface area (TPSA) is 37.3 Å². The van der Waals surface area contributed by atoms with E-state index in [0.29, 0.717) is 16.7 Å². The average Bonchev–Trinajstić information content (AvgIpc) is 2.33. The smallest absolute Gasteiger partial charge is 0.336 e. The van der Waals surface area contributed by atoms with Crippen molar-refractivity contribution in [3.05, 3.63) is 59.2 Å². The standard InChI is InChI=1S/C14H10F2O2/c1-8-10(3-2-4-13(8)16)11-6-5-9(15)7-12(11)14(17)18/h2-7H,1H3,(H,17,18). The molecule has 0 radical (unpaired) electrons. The lowest BCUT2D eigenvalue weighted by Gasteiger charge is -2.10. The zero-order valence-electron chi connectivity index (χ0n) is 9.58. The van der Waals surface area contributed by atoms with Crippen LogP contribution in [0, 0.1) is 18.6 Å². The molecule has 2 rings (SSSR count). The highest BCUT2D eigenvalue weighted by molar-refractivity contribution is 5.96. The van der Waals surface area contributed by atoms with Gasteiger partial charge in [-0.2, -0.15) is 0 Å². The van der Waals surface area contributed by atoms with E-state index < -0.39 is 17.6 Å². The third-order valence-corrected chi connectivity index (χ3v) is 2.77. The molecule has 0 amide bonds. The number of carbonyl (C=O) groups is 1. The van der Waals surface area contributed by atoms with Gasteiger partial charge in [0.25, 0.3) is 0 Å². The van der Waals surface area contributed by atoms with Crippen molar-refractivity contribution in [1.29, 1.82) is 0 Å². The summed E-state index contributed by atoms with van der Waals surface area (Å²) in [6.07, 6.45) is 0. The van der Waals surface area contributed by atoms with Gasteiger partial charge in [0.1, 0.15) is 11.6 Å². The predicted molar refractivity (Wildman–Crippen MR) is 63.5 cm³/mol. The van der Waals surface area contributed by atoms with Crippen LogP contribution in [0.25, 0.3) is 11.1 Å². The Kier molecular flexibility index (Phi) is 3.10. The summed E-state index contributed by atoms with van der Waals surface area (Å²) in [4.78, 5) is 11.1. The van der Waals surface area contributed by atoms with Gasteiger partial charge in [-0.25, -0.2) is 13.6 Å². The van der Waals surface area contributed by atoms with Gasteiger partial charge in [-0.1, -0.05) is 18.2 Å². The van der Waals surface area contributed by atoms with Gasteiger partial charge in [-0.05, 0) is 41.8 Å². The summed E-state index contributed by atoms with van der Waals surface area (Å²) in [5, 5.41) is 9.05. The third kappa shape index (κ3) is 2.09. The zero-order valence-corrected chi connectivity index (χ0v) is 9.58. The maximum Gasteiger partial charge on any atom is 0.336 e. The second kappa shape index (κ2) is 4.56. The minimum Gasteiger partial charge on any atom is -0.478 e. The molecule has 0 aliphatic carbocycles. The van der Waals surface area contributed by atoms with Gasteiger partial charge in [0.2, 0.25) is 0 Å². The van der Waals surface area contributed by atoms with Crippen LogP contribution in [-0.2, 0) is 0 Å². The van der Waals surface area contributed by atoms with Gasteiger partial charge < -0.3 is 5.11 Å². The van der Waals surface area contributed by atoms with Crippen LogP contribution >= 0.6 is 0 Å². The lowest BCUT2D eigenvalue weighted by Crippen LogP contribution is -2.01. The number of hydrogen-bond acceptors (Lipinski definition) is 1. The van der Waals surface area contributed by atoms with Crippen molar-refractivity contribution in [2.24, 2.45) is 0 Å². The van der Waals surface area contributed by atoms with Crippen molar-refractivity contribution in [3.8, 4) is 11.1 Å². The average molecular weight is 248 g/mol. The molecule has 92 valence electrons. The van der Waals surface area contributed by atoms with Crippen molar-refractivity contribution in [2.75, 3.05) is 0 Å². The molecular weight excluding hydrogens is 238 g/mol. The summed E-state index contributed by atoms with van der Waals surface area (Å²) in [5.74, 6) is -2.30. The Morgan fingerprint density at radius 1 is 1.11 bits per heavy atom. The van der Waals surface area contributed by atoms with Gasteiger partial charge in [-0.3, -0.25) is 0 Å². The van der Waals surface area contributed by atoms with Gasteiger partial charge in [0.15, 0.2) is 0 Å². The van der Waals surface area contributed by atoms with Crippen LogP contribution in [0.2, 0.25) is 0 Å². The van der Waals surface area contributed by atoms with E-state index in [9.17, 15) is 13.6 Å². The number of aromatic carboxylic acids is 1. The van der Waals surface area contributed by atoms with Gasteiger partial charge in [0, 0.05) is 0 Å². The number of halogens is 2. The van der Waals surface area contributed by atoms with E-state index >= 15 is 0 Å². The Labute approximate surface area is 103 Å². The summed E-state index contributed by atoms with van der Waals surface area (Å²) in [6.45, 7) is 1.56. The van der Waals surface area contributed by atoms with Crippen molar-refractivity contribution < 1.29 is 18.7 Å². The maximum atomic E-state index is 13.5. The minimum atomic E-state index is -1.24. The summed E-state index contributed by atoms with van der Waals surface area (Å²) in [6, 6.07) is 7.84. The van der Waals surface area contributed by atoms with E-state index in [0.717, 1.165) is 12.1 Å². The highest BCUT2D eigenvalue weighted by atomic mass is 19.1. The van der Waals surface area contributed by atoms with Crippen molar-refractivity contribution in [1.82, 2.24) is 0 Å². The highest BCUT2D eigenvalue weighted by Crippen LogP contribution is 2.28. The molecule has 0 atom stereocenters. The van der Waals surface area contributed by atoms with E-state index in [1.807, 2.05) is 0 Å². The Hall–Kier alpha value is -2.23. The summed E-state index contributed by atoms with van der Waals surface area (Å²) in [7, 11) is 0. The molecule has 0 saturated carbocycles. The Morgan fingerprint density at radius 2 is 1.83 bits per heavy atom. The number of benzene rings is 2. The fourth-order valence-corrected chi connectivity index (χ4v) is 1.83. The summed E-state index contributed by atoms with van der Waals surface area (Å²) in [5.41, 5.74) is 0.920. The molecule has 0 aliphatic rings. The quantitative estimate of drug-likeness (QED) is 0.880. The van der Waals surface area contributed by atoms with Crippen LogP contribution < -0.4 is 0 Å². The fraction of sp³-hybridized carbons (Fsp3) is 0.0714. The molecule has 0 spiro atoms. The van der Waals surface area contributed by atoms with Crippen LogP contribution in [0.3, 0.4) is 0 Å². The first-order chi connectivity index (χ1) is 8.50. The molecule has 0 bridgehead atoms. The van der Waals surface area contributed by atoms with E-state index in [1.165, 1.54) is 18.2 Å². The summed E-state index contributed by atoms with van der Waals surface area (Å²) >= 11 is 0. The number of carboxylic acid groups (broad SMARTS) is 1. The molecule has 0 saturated heterocycles. The summed E-state index contributed by atoms with van der Waals surface area (Å²) < 4.78 is 26.5. The Balaban J connectivity index is 2.71. The van der Waals surface area contributed by atoms with E-state index in [2.05, 4.69) is 0 Å². The maximum absolute atomic E-state index is 13.5. The lowest BCUT2D eigenvalue weighted by molar-refractivity contribution is 0.0697. The Bertz CT molecular complexity index is 621. The first kappa shape index (κ1) is 12.2. The van der Waals surface area contributed by atoms with Crippen LogP contribution in [0.15, 0.2) is 36.4 Å². The molecule has 0 heterocycles. The van der Waals surface area contributed by atoms with E-state index in [1.54, 1.807) is 13.0 Å². The van der Waals surface area contributed by atoms with Crippen molar-refractivity contribution in [2.45, 2.75) is 6.92 Å². The molecule has 4 heteroatoms. The minimum absolute atomic E-state index is 0.177. The lowest BCUT2D eigenvalue weighted by atomic mass is 9.95. The number of carboxylic acids is 1. The second-order valence-corrected chi connectivity index (χ2v) is 3.91. The predicted octanol–water partition coefficient (Wildman–Crippen LogP) is 3.64. The molecule has 2 nitrogen and oxygen atoms in total. The largest absolute Gasteiger partial charge is 0.478 e. The molecule has 0 aromatic heterocycles. The van der Waals surface area contributed by atoms with Crippen LogP contribution in [0.1, 0.15) is 15.9 Å². The normalized spacial score (nSPS) is 10.4. The van der Waals surface area contributed by atoms with Crippen LogP contribution in [-0.4, -0.2) is 11.1 Å². The van der Waals surface area contributed by atoms with Gasteiger partial charge in [0.05, 0.1) is 5.56 Å². The number of rotatable bonds is 2. The van der Waals surface area contributed by atoms with Crippen molar-refractivity contribution >= 4 is 5.97 Å². The van der Waals surface area contributed by atoms with Gasteiger partial charge in [-0.15, -0.1) is 0 Å².